The molecular weight excluding hydrogens is 386 g/mol. The van der Waals surface area contributed by atoms with E-state index in [4.69, 9.17) is 9.15 Å². The van der Waals surface area contributed by atoms with Crippen LogP contribution in [0.5, 0.6) is 5.75 Å². The summed E-state index contributed by atoms with van der Waals surface area (Å²) >= 11 is 1.61. The normalized spacial score (nSPS) is 18.6. The summed E-state index contributed by atoms with van der Waals surface area (Å²) in [5.41, 5.74) is 2.81. The molecule has 6 nitrogen and oxygen atoms in total. The Kier molecular flexibility index (Phi) is 4.69. The SMILES string of the molecule is CN(C(=O)COc1ccc2occ(-c3ccsc3)c2c1)C1CCS(=O)(=O)C1. The highest BCUT2D eigenvalue weighted by molar-refractivity contribution is 7.91. The summed E-state index contributed by atoms with van der Waals surface area (Å²) < 4.78 is 34.5. The standard InChI is InChI=1S/C19H19NO5S2/c1-20(14-5-7-27(22,23)12-14)19(21)10-24-15-2-3-18-16(8-15)17(9-25-18)13-4-6-26-11-13/h2-4,6,8-9,11,14H,5,7,10,12H2,1H3. The van der Waals surface area contributed by atoms with Gasteiger partial charge < -0.3 is 14.1 Å². The van der Waals surface area contributed by atoms with Crippen LogP contribution in [0.1, 0.15) is 6.42 Å². The monoisotopic (exact) mass is 405 g/mol. The van der Waals surface area contributed by atoms with Gasteiger partial charge in [-0.2, -0.15) is 11.3 Å². The van der Waals surface area contributed by atoms with Crippen molar-refractivity contribution in [3.8, 4) is 16.9 Å². The number of carbonyl (C=O) groups excluding carboxylic acids is 1. The van der Waals surface area contributed by atoms with E-state index in [9.17, 15) is 13.2 Å². The highest BCUT2D eigenvalue weighted by Crippen LogP contribution is 2.34. The van der Waals surface area contributed by atoms with E-state index >= 15 is 0 Å². The number of likely N-dealkylation sites (N-methyl/N-ethyl adjacent to an activating group) is 1. The number of carbonyl (C=O) groups is 1. The lowest BCUT2D eigenvalue weighted by molar-refractivity contribution is -0.133. The summed E-state index contributed by atoms with van der Waals surface area (Å²) in [5, 5.41) is 4.98. The predicted molar refractivity (Wildman–Crippen MR) is 105 cm³/mol. The van der Waals surface area contributed by atoms with Gasteiger partial charge >= 0.3 is 0 Å². The Morgan fingerprint density at radius 1 is 1.37 bits per heavy atom. The molecule has 0 radical (unpaired) electrons. The fraction of sp³-hybridized carbons (Fsp3) is 0.316. The number of sulfone groups is 1. The fourth-order valence-corrected chi connectivity index (χ4v) is 5.70. The van der Waals surface area contributed by atoms with Crippen LogP contribution in [-0.4, -0.2) is 50.4 Å². The van der Waals surface area contributed by atoms with Crippen LogP contribution >= 0.6 is 11.3 Å². The molecule has 3 heterocycles. The van der Waals surface area contributed by atoms with Crippen molar-refractivity contribution < 1.29 is 22.4 Å². The number of ether oxygens (including phenoxy) is 1. The van der Waals surface area contributed by atoms with Gasteiger partial charge in [0, 0.05) is 24.0 Å². The van der Waals surface area contributed by atoms with Gasteiger partial charge in [-0.3, -0.25) is 4.79 Å². The number of benzene rings is 1. The zero-order valence-corrected chi connectivity index (χ0v) is 16.4. The van der Waals surface area contributed by atoms with Crippen molar-refractivity contribution in [2.75, 3.05) is 25.2 Å². The highest BCUT2D eigenvalue weighted by atomic mass is 32.2. The summed E-state index contributed by atoms with van der Waals surface area (Å²) in [4.78, 5) is 13.9. The number of hydrogen-bond donors (Lipinski definition) is 0. The Hall–Kier alpha value is -2.32. The highest BCUT2D eigenvalue weighted by Gasteiger charge is 2.32. The maximum absolute atomic E-state index is 12.4. The van der Waals surface area contributed by atoms with Gasteiger partial charge in [-0.05, 0) is 47.0 Å². The molecule has 2 aromatic heterocycles. The third-order valence-electron chi connectivity index (χ3n) is 4.89. The summed E-state index contributed by atoms with van der Waals surface area (Å²) in [7, 11) is -1.40. The Labute approximate surface area is 161 Å². The lowest BCUT2D eigenvalue weighted by Gasteiger charge is -2.23. The van der Waals surface area contributed by atoms with Crippen LogP contribution in [0, 0.1) is 0 Å². The minimum absolute atomic E-state index is 0.0280. The van der Waals surface area contributed by atoms with Crippen molar-refractivity contribution in [2.24, 2.45) is 0 Å². The molecule has 0 N–H and O–H groups in total. The van der Waals surface area contributed by atoms with Gasteiger partial charge in [0.15, 0.2) is 16.4 Å². The lowest BCUT2D eigenvalue weighted by atomic mass is 10.1. The molecule has 142 valence electrons. The van der Waals surface area contributed by atoms with Gasteiger partial charge in [0.05, 0.1) is 17.8 Å². The summed E-state index contributed by atoms with van der Waals surface area (Å²) in [6.07, 6.45) is 2.20. The van der Waals surface area contributed by atoms with Crippen LogP contribution in [0.3, 0.4) is 0 Å². The second-order valence-corrected chi connectivity index (χ2v) is 9.68. The van der Waals surface area contributed by atoms with E-state index in [-0.39, 0.29) is 30.1 Å². The molecule has 1 saturated heterocycles. The molecule has 1 aromatic carbocycles. The molecule has 0 saturated carbocycles. The molecule has 1 amide bonds. The summed E-state index contributed by atoms with van der Waals surface area (Å²) in [6.45, 7) is -0.135. The largest absolute Gasteiger partial charge is 0.484 e. The second kappa shape index (κ2) is 7.01. The Morgan fingerprint density at radius 2 is 2.22 bits per heavy atom. The zero-order chi connectivity index (χ0) is 19.0. The molecule has 0 bridgehead atoms. The number of furan rings is 1. The molecule has 0 aliphatic carbocycles. The van der Waals surface area contributed by atoms with E-state index in [1.807, 2.05) is 29.0 Å². The van der Waals surface area contributed by atoms with Crippen LogP contribution in [0.4, 0.5) is 0 Å². The van der Waals surface area contributed by atoms with Crippen molar-refractivity contribution in [2.45, 2.75) is 12.5 Å². The van der Waals surface area contributed by atoms with Gasteiger partial charge in [0.25, 0.3) is 5.91 Å². The van der Waals surface area contributed by atoms with E-state index < -0.39 is 9.84 Å². The molecule has 0 spiro atoms. The number of thiophene rings is 1. The summed E-state index contributed by atoms with van der Waals surface area (Å²) in [6, 6.07) is 7.19. The number of amides is 1. The molecule has 1 unspecified atom stereocenters. The first kappa shape index (κ1) is 18.1. The third kappa shape index (κ3) is 3.72. The molecule has 1 atom stereocenters. The molecule has 1 fully saturated rings. The Balaban J connectivity index is 1.46. The molecule has 3 aromatic rings. The Bertz CT molecular complexity index is 1070. The topological polar surface area (TPSA) is 76.8 Å². The van der Waals surface area contributed by atoms with Gasteiger partial charge in [0.2, 0.25) is 0 Å². The molecular formula is C19H19NO5S2. The van der Waals surface area contributed by atoms with E-state index in [0.29, 0.717) is 12.2 Å². The van der Waals surface area contributed by atoms with Crippen LogP contribution in [0.15, 0.2) is 45.7 Å². The van der Waals surface area contributed by atoms with Crippen LogP contribution in [-0.2, 0) is 14.6 Å². The maximum atomic E-state index is 12.4. The maximum Gasteiger partial charge on any atom is 0.260 e. The molecule has 27 heavy (non-hydrogen) atoms. The second-order valence-electron chi connectivity index (χ2n) is 6.67. The fourth-order valence-electron chi connectivity index (χ4n) is 3.27. The lowest BCUT2D eigenvalue weighted by Crippen LogP contribution is -2.40. The average Bonchev–Trinajstić information content (AvgIpc) is 3.37. The number of rotatable bonds is 5. The Morgan fingerprint density at radius 3 is 2.93 bits per heavy atom. The first-order chi connectivity index (χ1) is 12.9. The van der Waals surface area contributed by atoms with Gasteiger partial charge in [-0.1, -0.05) is 0 Å². The van der Waals surface area contributed by atoms with Gasteiger partial charge in [0.1, 0.15) is 11.3 Å². The molecule has 8 heteroatoms. The van der Waals surface area contributed by atoms with Crippen LogP contribution in [0.2, 0.25) is 0 Å². The number of nitrogens with zero attached hydrogens (tertiary/aromatic N) is 1. The molecule has 1 aliphatic heterocycles. The number of fused-ring (bicyclic) bond motifs is 1. The van der Waals surface area contributed by atoms with Crippen molar-refractivity contribution in [1.82, 2.24) is 4.90 Å². The van der Waals surface area contributed by atoms with Gasteiger partial charge in [-0.15, -0.1) is 0 Å². The average molecular weight is 405 g/mol. The first-order valence-corrected chi connectivity index (χ1v) is 11.3. The summed E-state index contributed by atoms with van der Waals surface area (Å²) in [5.74, 6) is 0.502. The van der Waals surface area contributed by atoms with Crippen molar-refractivity contribution in [3.63, 3.8) is 0 Å². The predicted octanol–water partition coefficient (Wildman–Crippen LogP) is 3.19. The van der Waals surface area contributed by atoms with Crippen molar-refractivity contribution in [1.29, 1.82) is 0 Å². The molecule has 4 rings (SSSR count). The van der Waals surface area contributed by atoms with E-state index in [1.54, 1.807) is 30.7 Å². The van der Waals surface area contributed by atoms with Crippen LogP contribution in [0.25, 0.3) is 22.1 Å². The van der Waals surface area contributed by atoms with Crippen LogP contribution < -0.4 is 4.74 Å². The molecule has 1 aliphatic rings. The first-order valence-electron chi connectivity index (χ1n) is 8.56. The van der Waals surface area contributed by atoms with E-state index in [0.717, 1.165) is 22.1 Å². The quantitative estimate of drug-likeness (QED) is 0.652. The minimum Gasteiger partial charge on any atom is -0.484 e. The smallest absolute Gasteiger partial charge is 0.260 e. The zero-order valence-electron chi connectivity index (χ0n) is 14.8. The van der Waals surface area contributed by atoms with E-state index in [1.165, 1.54) is 4.90 Å². The minimum atomic E-state index is -3.03. The third-order valence-corrected chi connectivity index (χ3v) is 7.32. The van der Waals surface area contributed by atoms with Crippen molar-refractivity contribution in [3.05, 3.63) is 41.3 Å². The number of hydrogen-bond acceptors (Lipinski definition) is 6. The van der Waals surface area contributed by atoms with Gasteiger partial charge in [-0.25, -0.2) is 8.42 Å². The van der Waals surface area contributed by atoms with E-state index in [2.05, 4.69) is 0 Å². The van der Waals surface area contributed by atoms with Crippen molar-refractivity contribution >= 4 is 38.1 Å².